The van der Waals surface area contributed by atoms with Gasteiger partial charge in [-0.15, -0.1) is 0 Å². The summed E-state index contributed by atoms with van der Waals surface area (Å²) in [4.78, 5) is 12.9. The van der Waals surface area contributed by atoms with E-state index in [9.17, 15) is 13.2 Å². The molecule has 1 N–H and O–H groups in total. The van der Waals surface area contributed by atoms with Crippen LogP contribution in [0.5, 0.6) is 5.75 Å². The molecule has 2 aromatic rings. The Morgan fingerprint density at radius 3 is 2.75 bits per heavy atom. The van der Waals surface area contributed by atoms with Crippen LogP contribution in [-0.2, 0) is 37.4 Å². The molecule has 0 aromatic heterocycles. The van der Waals surface area contributed by atoms with Crippen molar-refractivity contribution in [2.75, 3.05) is 24.4 Å². The van der Waals surface area contributed by atoms with Crippen molar-refractivity contribution in [2.24, 2.45) is 5.92 Å². The van der Waals surface area contributed by atoms with Crippen molar-refractivity contribution in [3.63, 3.8) is 0 Å². The third-order valence-corrected chi connectivity index (χ3v) is 8.60. The Morgan fingerprint density at radius 1 is 1.22 bits per heavy atom. The smallest absolute Gasteiger partial charge is 0.232 e. The summed E-state index contributed by atoms with van der Waals surface area (Å²) in [7, 11) is -1.98. The SMILES string of the molecule is Cc1ccc(C)c(COc2cc(CNC(=O)C3CCC4(C)OCOC4C3)ccc2N(C)S(C)(=O)=O)c1. The molecule has 2 fully saturated rings. The molecule has 1 aliphatic heterocycles. The van der Waals surface area contributed by atoms with Crippen LogP contribution in [-0.4, -0.2) is 46.1 Å². The number of rotatable bonds is 8. The van der Waals surface area contributed by atoms with Gasteiger partial charge < -0.3 is 19.5 Å². The highest BCUT2D eigenvalue weighted by molar-refractivity contribution is 7.92. The minimum absolute atomic E-state index is 0.0114. The number of aryl methyl sites for hydroxylation is 2. The molecule has 9 heteroatoms. The van der Waals surface area contributed by atoms with E-state index in [1.54, 1.807) is 12.1 Å². The monoisotopic (exact) mass is 516 g/mol. The number of benzene rings is 2. The molecule has 1 saturated heterocycles. The molecular formula is C27H36N2O6S. The Labute approximate surface area is 214 Å². The molecule has 0 spiro atoms. The molecule has 1 amide bonds. The topological polar surface area (TPSA) is 94.2 Å². The van der Waals surface area contributed by atoms with E-state index in [4.69, 9.17) is 14.2 Å². The van der Waals surface area contributed by atoms with Crippen molar-refractivity contribution < 1.29 is 27.4 Å². The van der Waals surface area contributed by atoms with E-state index in [0.717, 1.165) is 41.4 Å². The average molecular weight is 517 g/mol. The molecular weight excluding hydrogens is 480 g/mol. The van der Waals surface area contributed by atoms with Crippen LogP contribution in [0.4, 0.5) is 5.69 Å². The third kappa shape index (κ3) is 5.85. The number of carbonyl (C=O) groups excluding carboxylic acids is 1. The molecule has 1 heterocycles. The Morgan fingerprint density at radius 2 is 2.00 bits per heavy atom. The summed E-state index contributed by atoms with van der Waals surface area (Å²) in [6, 6.07) is 11.5. The van der Waals surface area contributed by atoms with Crippen LogP contribution in [0.25, 0.3) is 0 Å². The molecule has 2 aromatic carbocycles. The Bertz CT molecular complexity index is 1230. The first-order valence-corrected chi connectivity index (χ1v) is 14.1. The number of ether oxygens (including phenoxy) is 3. The third-order valence-electron chi connectivity index (χ3n) is 7.41. The summed E-state index contributed by atoms with van der Waals surface area (Å²) in [5.41, 5.74) is 4.24. The van der Waals surface area contributed by atoms with Gasteiger partial charge in [-0.1, -0.05) is 29.8 Å². The van der Waals surface area contributed by atoms with Crippen LogP contribution < -0.4 is 14.4 Å². The average Bonchev–Trinajstić information content (AvgIpc) is 3.22. The zero-order valence-corrected chi connectivity index (χ0v) is 22.5. The quantitative estimate of drug-likeness (QED) is 0.573. The lowest BCUT2D eigenvalue weighted by Crippen LogP contribution is -2.45. The van der Waals surface area contributed by atoms with Crippen LogP contribution in [0.15, 0.2) is 36.4 Å². The zero-order chi connectivity index (χ0) is 26.1. The predicted molar refractivity (Wildman–Crippen MR) is 138 cm³/mol. The van der Waals surface area contributed by atoms with Gasteiger partial charge in [0.25, 0.3) is 0 Å². The molecule has 1 saturated carbocycles. The summed E-state index contributed by atoms with van der Waals surface area (Å²) in [5.74, 6) is 0.309. The minimum atomic E-state index is -3.48. The van der Waals surface area contributed by atoms with E-state index in [1.165, 1.54) is 11.4 Å². The first kappa shape index (κ1) is 26.4. The van der Waals surface area contributed by atoms with E-state index >= 15 is 0 Å². The van der Waals surface area contributed by atoms with Gasteiger partial charge in [0, 0.05) is 19.5 Å². The van der Waals surface area contributed by atoms with Crippen molar-refractivity contribution in [3.05, 3.63) is 58.7 Å². The van der Waals surface area contributed by atoms with Gasteiger partial charge in [-0.05, 0) is 68.9 Å². The number of hydrogen-bond acceptors (Lipinski definition) is 6. The number of nitrogens with one attached hydrogen (secondary N) is 1. The molecule has 1 aliphatic carbocycles. The lowest BCUT2D eigenvalue weighted by Gasteiger charge is -2.36. The molecule has 196 valence electrons. The second-order valence-corrected chi connectivity index (χ2v) is 12.2. The van der Waals surface area contributed by atoms with Gasteiger partial charge in [0.15, 0.2) is 0 Å². The summed E-state index contributed by atoms with van der Waals surface area (Å²) < 4.78 is 43.2. The summed E-state index contributed by atoms with van der Waals surface area (Å²) in [5, 5.41) is 3.03. The van der Waals surface area contributed by atoms with E-state index < -0.39 is 10.0 Å². The number of fused-ring (bicyclic) bond motifs is 1. The normalized spacial score (nSPS) is 23.7. The van der Waals surface area contributed by atoms with Crippen LogP contribution in [0.1, 0.15) is 48.4 Å². The number of hydrogen-bond donors (Lipinski definition) is 1. The minimum Gasteiger partial charge on any atom is -0.487 e. The molecule has 0 radical (unpaired) electrons. The molecule has 3 atom stereocenters. The van der Waals surface area contributed by atoms with Crippen LogP contribution in [0.2, 0.25) is 0 Å². The van der Waals surface area contributed by atoms with Crippen LogP contribution in [0.3, 0.4) is 0 Å². The van der Waals surface area contributed by atoms with Crippen molar-refractivity contribution in [1.82, 2.24) is 5.32 Å². The van der Waals surface area contributed by atoms with Gasteiger partial charge in [-0.25, -0.2) is 8.42 Å². The molecule has 8 nitrogen and oxygen atoms in total. The van der Waals surface area contributed by atoms with Gasteiger partial charge in [0.1, 0.15) is 19.1 Å². The summed E-state index contributed by atoms with van der Waals surface area (Å²) in [6.45, 7) is 7.00. The number of anilines is 1. The fraction of sp³-hybridized carbons (Fsp3) is 0.519. The van der Waals surface area contributed by atoms with Gasteiger partial charge in [0.05, 0.1) is 23.6 Å². The van der Waals surface area contributed by atoms with E-state index in [0.29, 0.717) is 31.0 Å². The number of carbonyl (C=O) groups is 1. The lowest BCUT2D eigenvalue weighted by molar-refractivity contribution is -0.129. The van der Waals surface area contributed by atoms with Crippen molar-refractivity contribution in [2.45, 2.75) is 64.9 Å². The van der Waals surface area contributed by atoms with E-state index in [1.807, 2.05) is 39.0 Å². The highest BCUT2D eigenvalue weighted by atomic mass is 32.2. The fourth-order valence-electron chi connectivity index (χ4n) is 4.81. The van der Waals surface area contributed by atoms with Crippen LogP contribution in [0, 0.1) is 19.8 Å². The first-order chi connectivity index (χ1) is 17.0. The second kappa shape index (κ2) is 10.4. The zero-order valence-electron chi connectivity index (χ0n) is 21.7. The van der Waals surface area contributed by atoms with E-state index in [-0.39, 0.29) is 30.3 Å². The van der Waals surface area contributed by atoms with Gasteiger partial charge in [0.2, 0.25) is 15.9 Å². The summed E-state index contributed by atoms with van der Waals surface area (Å²) in [6.07, 6.45) is 3.29. The standard InChI is InChI=1S/C27H36N2O6S/c1-18-6-7-19(2)22(12-18)16-33-24-13-20(8-9-23(24)29(4)36(5,31)32)15-28-26(30)21-10-11-27(3)25(14-21)34-17-35-27/h6-9,12-13,21,25H,10-11,14-17H2,1-5H3,(H,28,30). The van der Waals surface area contributed by atoms with Gasteiger partial charge >= 0.3 is 0 Å². The Balaban J connectivity index is 1.47. The highest BCUT2D eigenvalue weighted by Gasteiger charge is 2.47. The van der Waals surface area contributed by atoms with Crippen molar-refractivity contribution in [1.29, 1.82) is 0 Å². The molecule has 36 heavy (non-hydrogen) atoms. The number of amides is 1. The Hall–Kier alpha value is -2.62. The largest absolute Gasteiger partial charge is 0.487 e. The maximum Gasteiger partial charge on any atom is 0.232 e. The highest BCUT2D eigenvalue weighted by Crippen LogP contribution is 2.40. The number of sulfonamides is 1. The maximum absolute atomic E-state index is 12.9. The van der Waals surface area contributed by atoms with Crippen LogP contribution >= 0.6 is 0 Å². The first-order valence-electron chi connectivity index (χ1n) is 12.3. The molecule has 3 unspecified atom stereocenters. The summed E-state index contributed by atoms with van der Waals surface area (Å²) >= 11 is 0. The molecule has 2 aliphatic rings. The fourth-order valence-corrected chi connectivity index (χ4v) is 5.32. The van der Waals surface area contributed by atoms with Crippen molar-refractivity contribution >= 4 is 21.6 Å². The molecule has 4 rings (SSSR count). The molecule has 0 bridgehead atoms. The van der Waals surface area contributed by atoms with Gasteiger partial charge in [-0.3, -0.25) is 9.10 Å². The van der Waals surface area contributed by atoms with Gasteiger partial charge in [-0.2, -0.15) is 0 Å². The van der Waals surface area contributed by atoms with Crippen molar-refractivity contribution in [3.8, 4) is 5.75 Å². The van der Waals surface area contributed by atoms with E-state index in [2.05, 4.69) is 11.4 Å². The maximum atomic E-state index is 12.9. The number of nitrogens with zero attached hydrogens (tertiary/aromatic N) is 1. The second-order valence-electron chi connectivity index (χ2n) is 10.2. The predicted octanol–water partition coefficient (Wildman–Crippen LogP) is 3.83. The lowest BCUT2D eigenvalue weighted by atomic mass is 9.77. The Kier molecular flexibility index (Phi) is 7.64.